The van der Waals surface area contributed by atoms with E-state index in [1.165, 1.54) is 0 Å². The number of nitrogens with zero attached hydrogens (tertiary/aromatic N) is 4. The molecule has 0 bridgehead atoms. The molecule has 0 aliphatic heterocycles. The summed E-state index contributed by atoms with van der Waals surface area (Å²) >= 11 is 0. The number of carbonyl (C=O) groups is 1. The first kappa shape index (κ1) is 23.7. The summed E-state index contributed by atoms with van der Waals surface area (Å²) in [6.45, 7) is 9.40. The maximum absolute atomic E-state index is 12.4. The van der Waals surface area contributed by atoms with Crippen LogP contribution in [0.15, 0.2) is 48.8 Å². The number of rotatable bonds is 6. The summed E-state index contributed by atoms with van der Waals surface area (Å²) in [5.41, 5.74) is 1.73. The topological polar surface area (TPSA) is 132 Å². The van der Waals surface area contributed by atoms with E-state index in [1.807, 2.05) is 30.3 Å². The van der Waals surface area contributed by atoms with Gasteiger partial charge in [0.1, 0.15) is 12.2 Å². The molecule has 3 atom stereocenters. The Kier molecular flexibility index (Phi) is 6.54. The number of hydrogen-bond donors (Lipinski definition) is 3. The third-order valence-electron chi connectivity index (χ3n) is 5.59. The predicted octanol–water partition coefficient (Wildman–Crippen LogP) is 3.22. The van der Waals surface area contributed by atoms with Crippen molar-refractivity contribution in [1.82, 2.24) is 19.5 Å². The Hall–Kier alpha value is -3.50. The van der Waals surface area contributed by atoms with Crippen LogP contribution in [0.1, 0.15) is 38.8 Å². The summed E-state index contributed by atoms with van der Waals surface area (Å²) in [5, 5.41) is 22.6. The van der Waals surface area contributed by atoms with Crippen molar-refractivity contribution in [1.29, 1.82) is 0 Å². The van der Waals surface area contributed by atoms with E-state index in [1.54, 1.807) is 31.7 Å². The van der Waals surface area contributed by atoms with Crippen molar-refractivity contribution in [2.24, 2.45) is 5.92 Å². The Bertz CT molecular complexity index is 1190. The second-order valence-electron chi connectivity index (χ2n) is 9.26. The highest BCUT2D eigenvalue weighted by atomic mass is 16.6. The summed E-state index contributed by atoms with van der Waals surface area (Å²) in [6.07, 6.45) is 0.506. The quantitative estimate of drug-likeness (QED) is 0.471. The molecule has 1 aromatic carbocycles. The molecular formula is C24H29N5O5. The molecule has 0 spiro atoms. The number of carbonyl (C=O) groups excluding carboxylic acids is 1. The van der Waals surface area contributed by atoms with Crippen molar-refractivity contribution in [2.75, 3.05) is 11.9 Å². The first-order chi connectivity index (χ1) is 16.2. The standard InChI is InChI=1S/C24H29N5O5/c1-14-16(11-30)18(31)10-17(14)29-13-25-19-20(29)26-22(28-23(32)34-24(2,3)4)27-21(19)33-12-15-8-6-5-7-9-15/h5-9,13,16-18,30-31H,1,10-12H2,2-4H3,(H,26,27,28,32). The number of fused-ring (bicyclic) bond motifs is 1. The van der Waals surface area contributed by atoms with Gasteiger partial charge in [-0.1, -0.05) is 36.9 Å². The molecule has 4 rings (SSSR count). The number of aliphatic hydroxyl groups is 2. The average Bonchev–Trinajstić information content (AvgIpc) is 3.31. The summed E-state index contributed by atoms with van der Waals surface area (Å²) in [7, 11) is 0. The number of aromatic nitrogens is 4. The fourth-order valence-electron chi connectivity index (χ4n) is 3.97. The van der Waals surface area contributed by atoms with E-state index in [9.17, 15) is 15.0 Å². The van der Waals surface area contributed by atoms with Crippen LogP contribution in [0.5, 0.6) is 5.88 Å². The molecule has 1 aliphatic rings. The van der Waals surface area contributed by atoms with Gasteiger partial charge in [0, 0.05) is 5.92 Å². The normalized spacial score (nSPS) is 20.5. The van der Waals surface area contributed by atoms with Gasteiger partial charge in [-0.05, 0) is 38.3 Å². The van der Waals surface area contributed by atoms with E-state index >= 15 is 0 Å². The number of aliphatic hydroxyl groups excluding tert-OH is 2. The van der Waals surface area contributed by atoms with Crippen LogP contribution in [-0.4, -0.2) is 54.1 Å². The van der Waals surface area contributed by atoms with Crippen molar-refractivity contribution in [3.8, 4) is 5.88 Å². The van der Waals surface area contributed by atoms with E-state index in [-0.39, 0.29) is 31.1 Å². The minimum Gasteiger partial charge on any atom is -0.471 e. The minimum absolute atomic E-state index is 0.00516. The zero-order valence-electron chi connectivity index (χ0n) is 19.4. The molecule has 1 fully saturated rings. The molecule has 1 aliphatic carbocycles. The van der Waals surface area contributed by atoms with E-state index in [0.717, 1.165) is 5.56 Å². The maximum atomic E-state index is 12.4. The number of hydrogen-bond acceptors (Lipinski definition) is 8. The first-order valence-corrected chi connectivity index (χ1v) is 11.0. The monoisotopic (exact) mass is 467 g/mol. The van der Waals surface area contributed by atoms with Crippen LogP contribution in [0, 0.1) is 5.92 Å². The van der Waals surface area contributed by atoms with Gasteiger partial charge in [0.15, 0.2) is 11.2 Å². The molecule has 34 heavy (non-hydrogen) atoms. The van der Waals surface area contributed by atoms with Gasteiger partial charge < -0.3 is 24.3 Å². The molecule has 10 heteroatoms. The molecule has 3 unspecified atom stereocenters. The highest BCUT2D eigenvalue weighted by Gasteiger charge is 2.38. The third kappa shape index (κ3) is 5.02. The largest absolute Gasteiger partial charge is 0.471 e. The van der Waals surface area contributed by atoms with Crippen LogP contribution in [0.25, 0.3) is 11.2 Å². The third-order valence-corrected chi connectivity index (χ3v) is 5.59. The molecular weight excluding hydrogens is 438 g/mol. The predicted molar refractivity (Wildman–Crippen MR) is 125 cm³/mol. The minimum atomic E-state index is -0.727. The molecule has 0 saturated heterocycles. The second-order valence-corrected chi connectivity index (χ2v) is 9.26. The van der Waals surface area contributed by atoms with E-state index in [2.05, 4.69) is 26.8 Å². The summed E-state index contributed by atoms with van der Waals surface area (Å²) < 4.78 is 13.0. The Morgan fingerprint density at radius 2 is 2.00 bits per heavy atom. The van der Waals surface area contributed by atoms with E-state index < -0.39 is 23.7 Å². The Labute approximate surface area is 197 Å². The summed E-state index contributed by atoms with van der Waals surface area (Å²) in [5.74, 6) is -0.242. The highest BCUT2D eigenvalue weighted by molar-refractivity contribution is 5.85. The number of amides is 1. The van der Waals surface area contributed by atoms with Crippen LogP contribution in [-0.2, 0) is 11.3 Å². The van der Waals surface area contributed by atoms with Crippen molar-refractivity contribution < 1.29 is 24.5 Å². The molecule has 3 aromatic rings. The number of anilines is 1. The number of ether oxygens (including phenoxy) is 2. The van der Waals surface area contributed by atoms with Gasteiger partial charge in [0.05, 0.1) is 25.1 Å². The number of nitrogens with one attached hydrogen (secondary N) is 1. The van der Waals surface area contributed by atoms with Crippen LogP contribution in [0.4, 0.5) is 10.7 Å². The smallest absolute Gasteiger partial charge is 0.414 e. The van der Waals surface area contributed by atoms with Gasteiger partial charge in [-0.2, -0.15) is 9.97 Å². The van der Waals surface area contributed by atoms with Crippen LogP contribution >= 0.6 is 0 Å². The lowest BCUT2D eigenvalue weighted by molar-refractivity contribution is 0.0634. The van der Waals surface area contributed by atoms with Crippen molar-refractivity contribution in [2.45, 2.75) is 51.5 Å². The van der Waals surface area contributed by atoms with Crippen LogP contribution in [0.3, 0.4) is 0 Å². The fourth-order valence-corrected chi connectivity index (χ4v) is 3.97. The molecule has 180 valence electrons. The van der Waals surface area contributed by atoms with Gasteiger partial charge >= 0.3 is 6.09 Å². The van der Waals surface area contributed by atoms with Gasteiger partial charge in [-0.15, -0.1) is 0 Å². The maximum Gasteiger partial charge on any atom is 0.414 e. The van der Waals surface area contributed by atoms with Gasteiger partial charge in [-0.25, -0.2) is 9.78 Å². The number of imidazole rings is 1. The van der Waals surface area contributed by atoms with Gasteiger partial charge in [-0.3, -0.25) is 5.32 Å². The molecule has 10 nitrogen and oxygen atoms in total. The fraction of sp³-hybridized carbons (Fsp3) is 0.417. The lowest BCUT2D eigenvalue weighted by Crippen LogP contribution is -2.28. The zero-order valence-corrected chi connectivity index (χ0v) is 19.4. The lowest BCUT2D eigenvalue weighted by atomic mass is 10.0. The second kappa shape index (κ2) is 9.40. The zero-order chi connectivity index (χ0) is 24.5. The van der Waals surface area contributed by atoms with Crippen LogP contribution in [0.2, 0.25) is 0 Å². The molecule has 1 amide bonds. The average molecular weight is 468 g/mol. The summed E-state index contributed by atoms with van der Waals surface area (Å²) in [6, 6.07) is 9.26. The molecule has 2 heterocycles. The Morgan fingerprint density at radius 1 is 1.26 bits per heavy atom. The van der Waals surface area contributed by atoms with E-state index in [0.29, 0.717) is 23.2 Å². The Balaban J connectivity index is 1.71. The molecule has 3 N–H and O–H groups in total. The summed E-state index contributed by atoms with van der Waals surface area (Å²) in [4.78, 5) is 25.7. The van der Waals surface area contributed by atoms with Crippen molar-refractivity contribution in [3.05, 3.63) is 54.4 Å². The highest BCUT2D eigenvalue weighted by Crippen LogP contribution is 2.40. The Morgan fingerprint density at radius 3 is 2.65 bits per heavy atom. The number of benzene rings is 1. The van der Waals surface area contributed by atoms with Crippen molar-refractivity contribution in [3.63, 3.8) is 0 Å². The SMILES string of the molecule is C=C1C(CO)C(O)CC1n1cnc2c(OCc3ccccc3)nc(NC(=O)OC(C)(C)C)nc21. The molecule has 2 aromatic heterocycles. The van der Waals surface area contributed by atoms with Crippen molar-refractivity contribution >= 4 is 23.2 Å². The first-order valence-electron chi connectivity index (χ1n) is 11.0. The molecule has 1 saturated carbocycles. The van der Waals surface area contributed by atoms with E-state index in [4.69, 9.17) is 9.47 Å². The van der Waals surface area contributed by atoms with Gasteiger partial charge in [0.2, 0.25) is 11.8 Å². The molecule has 0 radical (unpaired) electrons. The van der Waals surface area contributed by atoms with Gasteiger partial charge in [0.25, 0.3) is 0 Å². The lowest BCUT2D eigenvalue weighted by Gasteiger charge is -2.19. The van der Waals surface area contributed by atoms with Crippen LogP contribution < -0.4 is 10.1 Å².